The summed E-state index contributed by atoms with van der Waals surface area (Å²) >= 11 is 0. The van der Waals surface area contributed by atoms with Crippen LogP contribution in [-0.2, 0) is 27.4 Å². The molecular formula is C17H22N4O3. The second-order valence-electron chi connectivity index (χ2n) is 5.73. The van der Waals surface area contributed by atoms with E-state index in [1.807, 2.05) is 24.0 Å². The quantitative estimate of drug-likeness (QED) is 0.768. The smallest absolute Gasteiger partial charge is 0.248 e. The maximum absolute atomic E-state index is 12.3. The summed E-state index contributed by atoms with van der Waals surface area (Å²) in [4.78, 5) is 22.3. The van der Waals surface area contributed by atoms with Gasteiger partial charge in [0.2, 0.25) is 5.91 Å². The molecule has 128 valence electrons. The van der Waals surface area contributed by atoms with Crippen molar-refractivity contribution in [2.24, 2.45) is 0 Å². The van der Waals surface area contributed by atoms with Gasteiger partial charge in [0.15, 0.2) is 0 Å². The summed E-state index contributed by atoms with van der Waals surface area (Å²) in [6.45, 7) is 4.75. The number of aromatic nitrogens is 3. The summed E-state index contributed by atoms with van der Waals surface area (Å²) in [5, 5.41) is 0. The van der Waals surface area contributed by atoms with Crippen LogP contribution in [0.5, 0.6) is 0 Å². The van der Waals surface area contributed by atoms with Crippen LogP contribution in [0.3, 0.4) is 0 Å². The SMILES string of the molecule is CCOCC(=O)N1Cc2cncn2[C@H](COCc2ccncc2)C1. The molecule has 2 aromatic rings. The van der Waals surface area contributed by atoms with Crippen molar-refractivity contribution in [2.75, 3.05) is 26.4 Å². The number of hydrogen-bond donors (Lipinski definition) is 0. The molecule has 1 atom stereocenters. The lowest BCUT2D eigenvalue weighted by Crippen LogP contribution is -2.43. The van der Waals surface area contributed by atoms with Gasteiger partial charge in [0.05, 0.1) is 37.8 Å². The van der Waals surface area contributed by atoms with Gasteiger partial charge < -0.3 is 18.9 Å². The lowest BCUT2D eigenvalue weighted by atomic mass is 10.2. The van der Waals surface area contributed by atoms with Crippen molar-refractivity contribution in [3.05, 3.63) is 48.3 Å². The van der Waals surface area contributed by atoms with Crippen LogP contribution in [-0.4, -0.2) is 51.7 Å². The molecule has 0 bridgehead atoms. The zero-order valence-corrected chi connectivity index (χ0v) is 13.8. The summed E-state index contributed by atoms with van der Waals surface area (Å²) in [5.74, 6) is 0.00318. The number of nitrogens with zero attached hydrogens (tertiary/aromatic N) is 4. The number of amides is 1. The van der Waals surface area contributed by atoms with Crippen molar-refractivity contribution in [3.8, 4) is 0 Å². The lowest BCUT2D eigenvalue weighted by molar-refractivity contribution is -0.138. The van der Waals surface area contributed by atoms with E-state index in [9.17, 15) is 4.79 Å². The summed E-state index contributed by atoms with van der Waals surface area (Å²) < 4.78 is 13.2. The molecule has 7 heteroatoms. The van der Waals surface area contributed by atoms with Gasteiger partial charge in [-0.05, 0) is 24.6 Å². The molecule has 3 rings (SSSR count). The minimum absolute atomic E-state index is 0.00318. The Labute approximate surface area is 141 Å². The first-order valence-corrected chi connectivity index (χ1v) is 8.10. The molecule has 24 heavy (non-hydrogen) atoms. The summed E-state index contributed by atoms with van der Waals surface area (Å²) in [5.41, 5.74) is 2.10. The van der Waals surface area contributed by atoms with Gasteiger partial charge in [-0.2, -0.15) is 0 Å². The number of imidazole rings is 1. The van der Waals surface area contributed by atoms with Crippen LogP contribution in [0.15, 0.2) is 37.1 Å². The zero-order chi connectivity index (χ0) is 16.8. The normalized spacial score (nSPS) is 16.9. The Balaban J connectivity index is 1.60. The molecule has 1 aliphatic rings. The molecule has 0 N–H and O–H groups in total. The fourth-order valence-corrected chi connectivity index (χ4v) is 2.78. The number of fused-ring (bicyclic) bond motifs is 1. The standard InChI is InChI=1S/C17H22N4O3/c1-2-23-12-17(22)20-8-15-7-19-13-21(15)16(9-20)11-24-10-14-3-5-18-6-4-14/h3-7,13,16H,2,8-12H2,1H3/t16-/m0/s1. The van der Waals surface area contributed by atoms with E-state index in [2.05, 4.69) is 14.5 Å². The van der Waals surface area contributed by atoms with Gasteiger partial charge in [0.25, 0.3) is 0 Å². The number of pyridine rings is 1. The minimum Gasteiger partial charge on any atom is -0.375 e. The van der Waals surface area contributed by atoms with Crippen LogP contribution >= 0.6 is 0 Å². The molecule has 0 saturated carbocycles. The van der Waals surface area contributed by atoms with Gasteiger partial charge in [-0.15, -0.1) is 0 Å². The third-order valence-corrected chi connectivity index (χ3v) is 4.03. The molecule has 1 aliphatic heterocycles. The number of rotatable bonds is 7. The Morgan fingerprint density at radius 1 is 1.29 bits per heavy atom. The summed E-state index contributed by atoms with van der Waals surface area (Å²) in [6.07, 6.45) is 7.11. The van der Waals surface area contributed by atoms with Crippen LogP contribution in [0.2, 0.25) is 0 Å². The Morgan fingerprint density at radius 3 is 2.92 bits per heavy atom. The molecule has 1 amide bonds. The molecule has 0 radical (unpaired) electrons. The Morgan fingerprint density at radius 2 is 2.12 bits per heavy atom. The van der Waals surface area contributed by atoms with Crippen molar-refractivity contribution in [3.63, 3.8) is 0 Å². The van der Waals surface area contributed by atoms with Gasteiger partial charge >= 0.3 is 0 Å². The van der Waals surface area contributed by atoms with Crippen LogP contribution in [0.4, 0.5) is 0 Å². The van der Waals surface area contributed by atoms with E-state index in [0.717, 1.165) is 11.3 Å². The number of carbonyl (C=O) groups excluding carboxylic acids is 1. The fraction of sp³-hybridized carbons (Fsp3) is 0.471. The van der Waals surface area contributed by atoms with E-state index in [1.54, 1.807) is 24.9 Å². The zero-order valence-electron chi connectivity index (χ0n) is 13.8. The van der Waals surface area contributed by atoms with E-state index in [0.29, 0.717) is 32.9 Å². The molecule has 0 spiro atoms. The van der Waals surface area contributed by atoms with E-state index < -0.39 is 0 Å². The van der Waals surface area contributed by atoms with E-state index in [-0.39, 0.29) is 18.6 Å². The largest absolute Gasteiger partial charge is 0.375 e. The van der Waals surface area contributed by atoms with Gasteiger partial charge in [-0.25, -0.2) is 4.98 Å². The average molecular weight is 330 g/mol. The highest BCUT2D eigenvalue weighted by molar-refractivity contribution is 5.77. The van der Waals surface area contributed by atoms with Crippen molar-refractivity contribution in [1.29, 1.82) is 0 Å². The van der Waals surface area contributed by atoms with Gasteiger partial charge in [0.1, 0.15) is 6.61 Å². The number of carbonyl (C=O) groups is 1. The van der Waals surface area contributed by atoms with Crippen molar-refractivity contribution in [2.45, 2.75) is 26.1 Å². The topological polar surface area (TPSA) is 69.5 Å². The van der Waals surface area contributed by atoms with Crippen molar-refractivity contribution in [1.82, 2.24) is 19.4 Å². The molecule has 3 heterocycles. The average Bonchev–Trinajstić information content (AvgIpc) is 3.09. The van der Waals surface area contributed by atoms with Crippen molar-refractivity contribution >= 4 is 5.91 Å². The Bertz CT molecular complexity index is 659. The maximum atomic E-state index is 12.3. The maximum Gasteiger partial charge on any atom is 0.248 e. The van der Waals surface area contributed by atoms with E-state index >= 15 is 0 Å². The van der Waals surface area contributed by atoms with E-state index in [1.165, 1.54) is 0 Å². The Hall–Kier alpha value is -2.25. The molecule has 0 saturated heterocycles. The third-order valence-electron chi connectivity index (χ3n) is 4.03. The van der Waals surface area contributed by atoms with Gasteiger partial charge in [-0.3, -0.25) is 9.78 Å². The molecule has 2 aromatic heterocycles. The third kappa shape index (κ3) is 3.98. The van der Waals surface area contributed by atoms with Gasteiger partial charge in [-0.1, -0.05) is 0 Å². The van der Waals surface area contributed by atoms with Gasteiger partial charge in [0, 0.05) is 31.7 Å². The first kappa shape index (κ1) is 16.6. The lowest BCUT2D eigenvalue weighted by Gasteiger charge is -2.34. The predicted molar refractivity (Wildman–Crippen MR) is 87.1 cm³/mol. The fourth-order valence-electron chi connectivity index (χ4n) is 2.78. The molecule has 0 aliphatic carbocycles. The minimum atomic E-state index is 0.00318. The first-order valence-electron chi connectivity index (χ1n) is 8.10. The summed E-state index contributed by atoms with van der Waals surface area (Å²) in [6, 6.07) is 3.92. The predicted octanol–water partition coefficient (Wildman–Crippen LogP) is 1.41. The monoisotopic (exact) mass is 330 g/mol. The summed E-state index contributed by atoms with van der Waals surface area (Å²) in [7, 11) is 0. The molecular weight excluding hydrogens is 308 g/mol. The highest BCUT2D eigenvalue weighted by Crippen LogP contribution is 2.21. The highest BCUT2D eigenvalue weighted by atomic mass is 16.5. The van der Waals surface area contributed by atoms with E-state index in [4.69, 9.17) is 9.47 Å². The van der Waals surface area contributed by atoms with Crippen LogP contribution in [0.25, 0.3) is 0 Å². The molecule has 7 nitrogen and oxygen atoms in total. The number of ether oxygens (including phenoxy) is 2. The molecule has 0 fully saturated rings. The Kier molecular flexibility index (Phi) is 5.55. The molecule has 0 aromatic carbocycles. The van der Waals surface area contributed by atoms with Crippen LogP contribution < -0.4 is 0 Å². The van der Waals surface area contributed by atoms with Crippen LogP contribution in [0, 0.1) is 0 Å². The molecule has 0 unspecified atom stereocenters. The number of hydrogen-bond acceptors (Lipinski definition) is 5. The van der Waals surface area contributed by atoms with Crippen molar-refractivity contribution < 1.29 is 14.3 Å². The van der Waals surface area contributed by atoms with Crippen LogP contribution in [0.1, 0.15) is 24.2 Å². The first-order chi connectivity index (χ1) is 11.8. The highest BCUT2D eigenvalue weighted by Gasteiger charge is 2.28. The second kappa shape index (κ2) is 8.03. The second-order valence-corrected chi connectivity index (χ2v) is 5.73.